The second-order valence-corrected chi connectivity index (χ2v) is 3.53. The van der Waals surface area contributed by atoms with Gasteiger partial charge in [-0.15, -0.1) is 0 Å². The summed E-state index contributed by atoms with van der Waals surface area (Å²) < 4.78 is 1.44. The largest absolute Gasteiger partial charge is 0.319 e. The summed E-state index contributed by atoms with van der Waals surface area (Å²) in [5.41, 5.74) is 1.85. The van der Waals surface area contributed by atoms with Crippen LogP contribution in [0.2, 0.25) is 0 Å². The Kier molecular flexibility index (Phi) is 2.68. The number of hydrogen-bond acceptors (Lipinski definition) is 3. The first kappa shape index (κ1) is 10.4. The van der Waals surface area contributed by atoms with Gasteiger partial charge in [0.2, 0.25) is 5.82 Å². The zero-order valence-electron chi connectivity index (χ0n) is 9.14. The maximum Gasteiger partial charge on any atom is 0.293 e. The third-order valence-electron chi connectivity index (χ3n) is 2.19. The molecule has 0 aliphatic rings. The minimum Gasteiger partial charge on any atom is -0.319 e. The molecule has 0 spiro atoms. The summed E-state index contributed by atoms with van der Waals surface area (Å²) in [7, 11) is 1.68. The van der Waals surface area contributed by atoms with Gasteiger partial charge in [-0.1, -0.05) is 12.1 Å². The number of anilines is 1. The lowest BCUT2D eigenvalue weighted by molar-refractivity contribution is 0.101. The Morgan fingerprint density at radius 2 is 2.25 bits per heavy atom. The third kappa shape index (κ3) is 2.08. The predicted molar refractivity (Wildman–Crippen MR) is 60.1 cm³/mol. The van der Waals surface area contributed by atoms with Crippen LogP contribution < -0.4 is 5.32 Å². The first-order valence-corrected chi connectivity index (χ1v) is 4.89. The van der Waals surface area contributed by atoms with Crippen LogP contribution in [0.25, 0.3) is 0 Å². The summed E-state index contributed by atoms with van der Waals surface area (Å²) in [5.74, 6) is 0.0344. The molecular formula is C11H12N4O. The maximum absolute atomic E-state index is 11.8. The molecule has 2 rings (SSSR count). The van der Waals surface area contributed by atoms with E-state index in [-0.39, 0.29) is 5.91 Å². The van der Waals surface area contributed by atoms with Crippen molar-refractivity contribution in [1.82, 2.24) is 14.8 Å². The van der Waals surface area contributed by atoms with Crippen LogP contribution in [0.15, 0.2) is 30.6 Å². The van der Waals surface area contributed by atoms with Gasteiger partial charge in [0.25, 0.3) is 5.91 Å². The molecule has 1 aromatic carbocycles. The summed E-state index contributed by atoms with van der Waals surface area (Å²) in [6, 6.07) is 7.59. The number of amides is 1. The third-order valence-corrected chi connectivity index (χ3v) is 2.19. The second kappa shape index (κ2) is 4.14. The van der Waals surface area contributed by atoms with Gasteiger partial charge in [-0.3, -0.25) is 4.79 Å². The molecule has 1 aromatic heterocycles. The van der Waals surface area contributed by atoms with E-state index >= 15 is 0 Å². The SMILES string of the molecule is Cc1cccc(NC(=O)c2ncnn2C)c1. The molecule has 0 fully saturated rings. The van der Waals surface area contributed by atoms with Gasteiger partial charge in [0, 0.05) is 12.7 Å². The van der Waals surface area contributed by atoms with E-state index in [1.165, 1.54) is 11.0 Å². The van der Waals surface area contributed by atoms with Crippen LogP contribution in [0.5, 0.6) is 0 Å². The predicted octanol–water partition coefficient (Wildman–Crippen LogP) is 1.38. The van der Waals surface area contributed by atoms with Gasteiger partial charge >= 0.3 is 0 Å². The van der Waals surface area contributed by atoms with Crippen molar-refractivity contribution in [1.29, 1.82) is 0 Å². The van der Waals surface area contributed by atoms with Crippen LogP contribution in [0, 0.1) is 6.92 Å². The van der Waals surface area contributed by atoms with Crippen molar-refractivity contribution in [2.24, 2.45) is 7.05 Å². The van der Waals surface area contributed by atoms with Gasteiger partial charge in [0.15, 0.2) is 0 Å². The average Bonchev–Trinajstić information content (AvgIpc) is 2.64. The Hall–Kier alpha value is -2.17. The number of benzene rings is 1. The van der Waals surface area contributed by atoms with Crippen LogP contribution in [-0.4, -0.2) is 20.7 Å². The molecule has 1 heterocycles. The van der Waals surface area contributed by atoms with E-state index in [4.69, 9.17) is 0 Å². The van der Waals surface area contributed by atoms with Crippen molar-refractivity contribution >= 4 is 11.6 Å². The van der Waals surface area contributed by atoms with Crippen molar-refractivity contribution in [3.63, 3.8) is 0 Å². The van der Waals surface area contributed by atoms with Gasteiger partial charge < -0.3 is 5.32 Å². The fraction of sp³-hybridized carbons (Fsp3) is 0.182. The number of aromatic nitrogens is 3. The Morgan fingerprint density at radius 3 is 2.88 bits per heavy atom. The quantitative estimate of drug-likeness (QED) is 0.824. The molecule has 0 aliphatic heterocycles. The summed E-state index contributed by atoms with van der Waals surface area (Å²) in [6.07, 6.45) is 1.35. The summed E-state index contributed by atoms with van der Waals surface area (Å²) in [6.45, 7) is 1.97. The van der Waals surface area contributed by atoms with Gasteiger partial charge in [-0.25, -0.2) is 9.67 Å². The molecule has 1 N–H and O–H groups in total. The molecule has 1 amide bonds. The number of rotatable bonds is 2. The summed E-state index contributed by atoms with van der Waals surface area (Å²) >= 11 is 0. The molecule has 0 unspecified atom stereocenters. The topological polar surface area (TPSA) is 59.8 Å². The van der Waals surface area contributed by atoms with Crippen molar-refractivity contribution in [3.05, 3.63) is 42.0 Å². The Balaban J connectivity index is 2.17. The molecule has 0 aliphatic carbocycles. The minimum atomic E-state index is -0.259. The first-order chi connectivity index (χ1) is 7.66. The standard InChI is InChI=1S/C11H12N4O/c1-8-4-3-5-9(6-8)14-11(16)10-12-7-13-15(10)2/h3-7H,1-2H3,(H,14,16). The van der Waals surface area contributed by atoms with Crippen molar-refractivity contribution in [3.8, 4) is 0 Å². The molecule has 82 valence electrons. The van der Waals surface area contributed by atoms with Crippen LogP contribution in [-0.2, 0) is 7.05 Å². The fourth-order valence-corrected chi connectivity index (χ4v) is 1.41. The molecule has 0 saturated heterocycles. The lowest BCUT2D eigenvalue weighted by Gasteiger charge is -2.04. The minimum absolute atomic E-state index is 0.259. The van der Waals surface area contributed by atoms with E-state index in [9.17, 15) is 4.79 Å². The van der Waals surface area contributed by atoms with E-state index in [1.54, 1.807) is 7.05 Å². The van der Waals surface area contributed by atoms with Crippen molar-refractivity contribution in [2.75, 3.05) is 5.32 Å². The Bertz CT molecular complexity index is 518. The zero-order chi connectivity index (χ0) is 11.5. The summed E-state index contributed by atoms with van der Waals surface area (Å²) in [4.78, 5) is 15.6. The van der Waals surface area contributed by atoms with Gasteiger partial charge in [-0.05, 0) is 24.6 Å². The molecule has 2 aromatic rings. The average molecular weight is 216 g/mol. The summed E-state index contributed by atoms with van der Waals surface area (Å²) in [5, 5.41) is 6.61. The lowest BCUT2D eigenvalue weighted by atomic mass is 10.2. The number of hydrogen-bond donors (Lipinski definition) is 1. The van der Waals surface area contributed by atoms with Crippen LogP contribution in [0.1, 0.15) is 16.2 Å². The van der Waals surface area contributed by atoms with E-state index in [2.05, 4.69) is 15.4 Å². The molecule has 0 bridgehead atoms. The molecule has 0 saturated carbocycles. The van der Waals surface area contributed by atoms with Crippen LogP contribution in [0.3, 0.4) is 0 Å². The highest BCUT2D eigenvalue weighted by Crippen LogP contribution is 2.10. The van der Waals surface area contributed by atoms with Crippen molar-refractivity contribution in [2.45, 2.75) is 6.92 Å². The maximum atomic E-state index is 11.8. The van der Waals surface area contributed by atoms with Crippen LogP contribution >= 0.6 is 0 Å². The Labute approximate surface area is 93.1 Å². The second-order valence-electron chi connectivity index (χ2n) is 3.53. The monoisotopic (exact) mass is 216 g/mol. The molecular weight excluding hydrogens is 204 g/mol. The molecule has 0 radical (unpaired) electrons. The molecule has 5 nitrogen and oxygen atoms in total. The highest BCUT2D eigenvalue weighted by atomic mass is 16.2. The smallest absolute Gasteiger partial charge is 0.293 e. The highest BCUT2D eigenvalue weighted by Gasteiger charge is 2.11. The van der Waals surface area contributed by atoms with Gasteiger partial charge in [0.1, 0.15) is 6.33 Å². The first-order valence-electron chi connectivity index (χ1n) is 4.89. The normalized spacial score (nSPS) is 10.1. The Morgan fingerprint density at radius 1 is 1.44 bits per heavy atom. The number of nitrogens with zero attached hydrogens (tertiary/aromatic N) is 3. The number of carbonyl (C=O) groups excluding carboxylic acids is 1. The fourth-order valence-electron chi connectivity index (χ4n) is 1.41. The zero-order valence-corrected chi connectivity index (χ0v) is 9.14. The molecule has 0 atom stereocenters. The van der Waals surface area contributed by atoms with E-state index < -0.39 is 0 Å². The van der Waals surface area contributed by atoms with Crippen molar-refractivity contribution < 1.29 is 4.79 Å². The molecule has 16 heavy (non-hydrogen) atoms. The highest BCUT2D eigenvalue weighted by molar-refractivity contribution is 6.01. The number of aryl methyl sites for hydroxylation is 2. The van der Waals surface area contributed by atoms with E-state index in [0.717, 1.165) is 11.3 Å². The molecule has 5 heteroatoms. The van der Waals surface area contributed by atoms with Gasteiger partial charge in [-0.2, -0.15) is 5.10 Å². The van der Waals surface area contributed by atoms with E-state index in [0.29, 0.717) is 5.82 Å². The van der Waals surface area contributed by atoms with E-state index in [1.807, 2.05) is 31.2 Å². The number of nitrogens with one attached hydrogen (secondary N) is 1. The lowest BCUT2D eigenvalue weighted by Crippen LogP contribution is -2.17. The van der Waals surface area contributed by atoms with Gasteiger partial charge in [0.05, 0.1) is 0 Å². The number of carbonyl (C=O) groups is 1. The van der Waals surface area contributed by atoms with Crippen LogP contribution in [0.4, 0.5) is 5.69 Å².